The quantitative estimate of drug-likeness (QED) is 0.489. The highest BCUT2D eigenvalue weighted by Crippen LogP contribution is 2.13. The van der Waals surface area contributed by atoms with Crippen LogP contribution in [0, 0.1) is 5.92 Å². The van der Waals surface area contributed by atoms with E-state index in [1.54, 1.807) is 24.3 Å². The molecule has 0 aliphatic heterocycles. The summed E-state index contributed by atoms with van der Waals surface area (Å²) in [6.45, 7) is 7.24. The van der Waals surface area contributed by atoms with E-state index in [-0.39, 0.29) is 48.8 Å². The Kier molecular flexibility index (Phi) is 10.3. The summed E-state index contributed by atoms with van der Waals surface area (Å²) in [5.74, 6) is -0.723. The van der Waals surface area contributed by atoms with Crippen LogP contribution in [0.15, 0.2) is 24.3 Å². The van der Waals surface area contributed by atoms with Gasteiger partial charge in [-0.25, -0.2) is 4.79 Å². The van der Waals surface area contributed by atoms with E-state index in [1.807, 2.05) is 27.7 Å². The summed E-state index contributed by atoms with van der Waals surface area (Å²) in [5.41, 5.74) is 6.86. The number of rotatable bonds is 7. The number of benzene rings is 1. The van der Waals surface area contributed by atoms with Gasteiger partial charge in [-0.05, 0) is 44.0 Å². The predicted molar refractivity (Wildman–Crippen MR) is 105 cm³/mol. The van der Waals surface area contributed by atoms with Crippen molar-refractivity contribution in [1.82, 2.24) is 10.6 Å². The number of hydrogen-bond donors (Lipinski definition) is 5. The van der Waals surface area contributed by atoms with Gasteiger partial charge in [-0.1, -0.05) is 13.8 Å². The molecule has 0 unspecified atom stereocenters. The van der Waals surface area contributed by atoms with Crippen molar-refractivity contribution in [2.45, 2.75) is 39.8 Å². The summed E-state index contributed by atoms with van der Waals surface area (Å²) >= 11 is 0. The van der Waals surface area contributed by atoms with Crippen molar-refractivity contribution >= 4 is 41.6 Å². The fraction of sp³-hybridized carbons (Fsp3) is 0.471. The van der Waals surface area contributed by atoms with E-state index in [2.05, 4.69) is 21.3 Å². The average Bonchev–Trinajstić information content (AvgIpc) is 2.52. The highest BCUT2D eigenvalue weighted by atomic mass is 35.5. The molecular formula is C17H28ClN5O3. The third kappa shape index (κ3) is 8.68. The van der Waals surface area contributed by atoms with E-state index in [0.29, 0.717) is 11.4 Å². The lowest BCUT2D eigenvalue weighted by Crippen LogP contribution is -2.46. The third-order valence-corrected chi connectivity index (χ3v) is 3.29. The smallest absolute Gasteiger partial charge is 0.319 e. The van der Waals surface area contributed by atoms with E-state index in [4.69, 9.17) is 5.73 Å². The van der Waals surface area contributed by atoms with Gasteiger partial charge in [0.1, 0.15) is 0 Å². The lowest BCUT2D eigenvalue weighted by atomic mass is 10.1. The lowest BCUT2D eigenvalue weighted by molar-refractivity contribution is -0.125. The lowest BCUT2D eigenvalue weighted by Gasteiger charge is -2.15. The topological polar surface area (TPSA) is 125 Å². The average molecular weight is 386 g/mol. The molecule has 1 atom stereocenters. The first kappa shape index (κ1) is 23.7. The molecule has 0 radical (unpaired) electrons. The summed E-state index contributed by atoms with van der Waals surface area (Å²) in [6.07, 6.45) is 0. The van der Waals surface area contributed by atoms with Crippen molar-refractivity contribution in [3.05, 3.63) is 24.3 Å². The van der Waals surface area contributed by atoms with Crippen LogP contribution in [0.4, 0.5) is 16.2 Å². The van der Waals surface area contributed by atoms with Crippen molar-refractivity contribution in [2.75, 3.05) is 17.2 Å². The maximum absolute atomic E-state index is 11.8. The first-order valence-corrected chi connectivity index (χ1v) is 8.19. The molecule has 0 aliphatic carbocycles. The van der Waals surface area contributed by atoms with Crippen LogP contribution in [0.25, 0.3) is 0 Å². The Labute approximate surface area is 160 Å². The van der Waals surface area contributed by atoms with Crippen molar-refractivity contribution in [1.29, 1.82) is 0 Å². The number of urea groups is 1. The molecule has 26 heavy (non-hydrogen) atoms. The molecule has 0 aromatic heterocycles. The number of anilines is 2. The van der Waals surface area contributed by atoms with Crippen LogP contribution >= 0.6 is 12.4 Å². The molecule has 0 bridgehead atoms. The highest BCUT2D eigenvalue weighted by Gasteiger charge is 2.17. The zero-order chi connectivity index (χ0) is 19.0. The van der Waals surface area contributed by atoms with E-state index >= 15 is 0 Å². The minimum Gasteiger partial charge on any atom is -0.346 e. The molecule has 6 N–H and O–H groups in total. The molecule has 0 spiro atoms. The number of hydrogen-bond acceptors (Lipinski definition) is 4. The molecule has 0 fully saturated rings. The first-order chi connectivity index (χ1) is 11.7. The standard InChI is InChI=1S/C17H27N5O3.ClH/c1-10(2)15(18)16(24)19-9-14(23)21-12-5-7-13(8-6-12)22-17(25)20-11(3)4;/h5-8,10-11,15H,9,18H2,1-4H3,(H,19,24)(H,21,23)(H2,20,22,25);1H/t15-;/m0./s1. The summed E-state index contributed by atoms with van der Waals surface area (Å²) in [6, 6.07) is 5.75. The number of amides is 4. The number of nitrogens with one attached hydrogen (secondary N) is 4. The van der Waals surface area contributed by atoms with E-state index < -0.39 is 6.04 Å². The number of carbonyl (C=O) groups is 3. The van der Waals surface area contributed by atoms with Gasteiger partial charge in [-0.3, -0.25) is 9.59 Å². The Balaban J connectivity index is 0.00000625. The minimum atomic E-state index is -0.643. The zero-order valence-corrected chi connectivity index (χ0v) is 16.3. The van der Waals surface area contributed by atoms with Crippen molar-refractivity contribution < 1.29 is 14.4 Å². The van der Waals surface area contributed by atoms with Crippen LogP contribution in [-0.4, -0.2) is 36.5 Å². The Morgan fingerprint density at radius 3 is 1.92 bits per heavy atom. The minimum absolute atomic E-state index is 0. The molecule has 146 valence electrons. The van der Waals surface area contributed by atoms with Crippen LogP contribution in [-0.2, 0) is 9.59 Å². The van der Waals surface area contributed by atoms with Gasteiger partial charge >= 0.3 is 6.03 Å². The van der Waals surface area contributed by atoms with Crippen LogP contribution in [0.1, 0.15) is 27.7 Å². The molecule has 9 heteroatoms. The van der Waals surface area contributed by atoms with Crippen LogP contribution < -0.4 is 27.0 Å². The van der Waals surface area contributed by atoms with Gasteiger partial charge in [-0.15, -0.1) is 12.4 Å². The van der Waals surface area contributed by atoms with E-state index in [0.717, 1.165) is 0 Å². The highest BCUT2D eigenvalue weighted by molar-refractivity contribution is 5.95. The van der Waals surface area contributed by atoms with Crippen LogP contribution in [0.3, 0.4) is 0 Å². The Morgan fingerprint density at radius 1 is 0.962 bits per heavy atom. The Morgan fingerprint density at radius 2 is 1.46 bits per heavy atom. The molecule has 1 rings (SSSR count). The number of carbonyl (C=O) groups excluding carboxylic acids is 3. The van der Waals surface area contributed by atoms with Gasteiger partial charge in [0.2, 0.25) is 11.8 Å². The first-order valence-electron chi connectivity index (χ1n) is 8.19. The van der Waals surface area contributed by atoms with Crippen molar-refractivity contribution in [3.63, 3.8) is 0 Å². The summed E-state index contributed by atoms with van der Waals surface area (Å²) < 4.78 is 0. The van der Waals surface area contributed by atoms with Gasteiger partial charge in [0.25, 0.3) is 0 Å². The second-order valence-electron chi connectivity index (χ2n) is 6.37. The fourth-order valence-corrected chi connectivity index (χ4v) is 1.86. The Bertz CT molecular complexity index is 605. The van der Waals surface area contributed by atoms with Gasteiger partial charge in [0.15, 0.2) is 0 Å². The molecule has 1 aromatic carbocycles. The number of nitrogens with two attached hydrogens (primary N) is 1. The van der Waals surface area contributed by atoms with Crippen LogP contribution in [0.2, 0.25) is 0 Å². The summed E-state index contributed by atoms with van der Waals surface area (Å²) in [4.78, 5) is 35.1. The summed E-state index contributed by atoms with van der Waals surface area (Å²) in [7, 11) is 0. The van der Waals surface area contributed by atoms with Crippen molar-refractivity contribution in [3.8, 4) is 0 Å². The van der Waals surface area contributed by atoms with Crippen LogP contribution in [0.5, 0.6) is 0 Å². The predicted octanol–water partition coefficient (Wildman–Crippen LogP) is 1.68. The second-order valence-corrected chi connectivity index (χ2v) is 6.37. The SMILES string of the molecule is CC(C)NC(=O)Nc1ccc(NC(=O)CNC(=O)[C@@H](N)C(C)C)cc1.Cl. The number of halogens is 1. The Hall–Kier alpha value is -2.32. The molecule has 0 aliphatic rings. The fourth-order valence-electron chi connectivity index (χ4n) is 1.86. The molecule has 1 aromatic rings. The molecule has 0 saturated carbocycles. The molecule has 0 saturated heterocycles. The third-order valence-electron chi connectivity index (χ3n) is 3.29. The maximum atomic E-state index is 11.8. The van der Waals surface area contributed by atoms with Gasteiger partial charge in [-0.2, -0.15) is 0 Å². The largest absolute Gasteiger partial charge is 0.346 e. The monoisotopic (exact) mass is 385 g/mol. The maximum Gasteiger partial charge on any atom is 0.319 e. The van der Waals surface area contributed by atoms with Gasteiger partial charge in [0, 0.05) is 17.4 Å². The molecule has 8 nitrogen and oxygen atoms in total. The van der Waals surface area contributed by atoms with Gasteiger partial charge in [0.05, 0.1) is 12.6 Å². The second kappa shape index (κ2) is 11.3. The van der Waals surface area contributed by atoms with Crippen molar-refractivity contribution in [2.24, 2.45) is 11.7 Å². The van der Waals surface area contributed by atoms with E-state index in [1.165, 1.54) is 0 Å². The van der Waals surface area contributed by atoms with Gasteiger partial charge < -0.3 is 27.0 Å². The zero-order valence-electron chi connectivity index (χ0n) is 15.5. The molecule has 0 heterocycles. The molecule has 4 amide bonds. The summed E-state index contributed by atoms with van der Waals surface area (Å²) in [5, 5.41) is 10.5. The van der Waals surface area contributed by atoms with E-state index in [9.17, 15) is 14.4 Å². The normalized spacial score (nSPS) is 11.3. The molecular weight excluding hydrogens is 358 g/mol.